The van der Waals surface area contributed by atoms with Gasteiger partial charge in [0.25, 0.3) is 0 Å². The predicted octanol–water partition coefficient (Wildman–Crippen LogP) is 2.02. The molecule has 12 heteroatoms. The van der Waals surface area contributed by atoms with Crippen LogP contribution in [0.1, 0.15) is 35.1 Å². The first-order valence-corrected chi connectivity index (χ1v) is 13.6. The minimum Gasteiger partial charge on any atom is -0.475 e. The molecule has 0 radical (unpaired) electrons. The lowest BCUT2D eigenvalue weighted by Gasteiger charge is -2.44. The molecule has 2 aromatic rings. The average molecular weight is 505 g/mol. The molecule has 2 aliphatic heterocycles. The second kappa shape index (κ2) is 8.54. The molecule has 1 aromatic carbocycles. The Labute approximate surface area is 203 Å². The number of carbonyl (C=O) groups is 1. The molecule has 0 saturated carbocycles. The third-order valence-corrected chi connectivity index (χ3v) is 8.96. The van der Waals surface area contributed by atoms with Gasteiger partial charge in [-0.15, -0.1) is 4.36 Å². The highest BCUT2D eigenvalue weighted by Crippen LogP contribution is 2.41. The third-order valence-electron chi connectivity index (χ3n) is 7.62. The molecule has 35 heavy (non-hydrogen) atoms. The quantitative estimate of drug-likeness (QED) is 0.657. The largest absolute Gasteiger partial charge is 0.475 e. The van der Waals surface area contributed by atoms with Crippen LogP contribution in [-0.2, 0) is 46.9 Å². The van der Waals surface area contributed by atoms with Gasteiger partial charge >= 0.3 is 6.03 Å². The molecule has 6 rings (SSSR count). The summed E-state index contributed by atoms with van der Waals surface area (Å²) < 4.78 is 44.9. The zero-order valence-corrected chi connectivity index (χ0v) is 20.4. The fourth-order valence-corrected chi connectivity index (χ4v) is 6.74. The number of aromatic nitrogens is 2. The first-order valence-electron chi connectivity index (χ1n) is 12.0. The van der Waals surface area contributed by atoms with Gasteiger partial charge in [-0.25, -0.2) is 23.2 Å². The molecule has 3 N–H and O–H groups in total. The van der Waals surface area contributed by atoms with E-state index in [2.05, 4.69) is 19.7 Å². The highest BCUT2D eigenvalue weighted by Gasteiger charge is 2.37. The number of nitrogens with one attached hydrogen (secondary N) is 1. The lowest BCUT2D eigenvalue weighted by molar-refractivity contribution is -0.0687. The van der Waals surface area contributed by atoms with Crippen LogP contribution < -0.4 is 15.2 Å². The van der Waals surface area contributed by atoms with E-state index < -0.39 is 15.9 Å². The lowest BCUT2D eigenvalue weighted by atomic mass is 9.98. The van der Waals surface area contributed by atoms with Crippen molar-refractivity contribution < 1.29 is 22.9 Å². The fourth-order valence-electron chi connectivity index (χ4n) is 5.74. The summed E-state index contributed by atoms with van der Waals surface area (Å²) in [6.07, 6.45) is 5.98. The molecule has 2 aliphatic carbocycles. The van der Waals surface area contributed by atoms with Crippen molar-refractivity contribution in [3.63, 3.8) is 0 Å². The Morgan fingerprint density at radius 1 is 1.20 bits per heavy atom. The summed E-state index contributed by atoms with van der Waals surface area (Å²) in [4.78, 5) is 15.2. The van der Waals surface area contributed by atoms with Crippen molar-refractivity contribution in [2.24, 2.45) is 9.50 Å². The summed E-state index contributed by atoms with van der Waals surface area (Å²) in [5.41, 5.74) is 3.64. The molecule has 188 valence electrons. The Morgan fingerprint density at radius 2 is 1.86 bits per heavy atom. The second-order valence-electron chi connectivity index (χ2n) is 9.67. The third kappa shape index (κ3) is 3.83. The maximum absolute atomic E-state index is 14.9. The van der Waals surface area contributed by atoms with E-state index in [9.17, 15) is 13.4 Å². The number of urea groups is 1. The standard InChI is InChI=1S/C23H29FN6O4S/c1-33-14-10-29(11-14)13-9-30-22(34-12-13)19(8-26-30)35(25,32)28-23(31)27-21-17-6-2-4-15(17)20(24)16-5-3-7-18(16)21/h8,13-14H,2-7,9-12H2,1H3,(H3,25,27,28,31,32). The highest BCUT2D eigenvalue weighted by atomic mass is 32.2. The molecule has 4 aliphatic rings. The predicted molar refractivity (Wildman–Crippen MR) is 126 cm³/mol. The van der Waals surface area contributed by atoms with Gasteiger partial charge < -0.3 is 14.8 Å². The van der Waals surface area contributed by atoms with Gasteiger partial charge in [0.1, 0.15) is 17.3 Å². The Bertz CT molecular complexity index is 1290. The Kier molecular flexibility index (Phi) is 5.59. The normalized spacial score (nSPS) is 23.0. The topological polar surface area (TPSA) is 124 Å². The number of likely N-dealkylation sites (tertiary alicyclic amines) is 1. The molecule has 2 atom stereocenters. The maximum atomic E-state index is 14.9. The number of hydrogen-bond acceptors (Lipinski definition) is 6. The Morgan fingerprint density at radius 3 is 2.51 bits per heavy atom. The molecule has 0 spiro atoms. The van der Waals surface area contributed by atoms with Gasteiger partial charge in [0.15, 0.2) is 9.92 Å². The van der Waals surface area contributed by atoms with Crippen molar-refractivity contribution in [2.45, 2.75) is 62.1 Å². The van der Waals surface area contributed by atoms with Crippen LogP contribution in [0.4, 0.5) is 14.9 Å². The maximum Gasteiger partial charge on any atom is 0.354 e. The number of nitrogens with two attached hydrogens (primary N) is 1. The number of methoxy groups -OCH3 is 1. The summed E-state index contributed by atoms with van der Waals surface area (Å²) in [6.45, 7) is 2.61. The summed E-state index contributed by atoms with van der Waals surface area (Å²) in [5, 5.41) is 13.1. The van der Waals surface area contributed by atoms with Gasteiger partial charge in [0.2, 0.25) is 5.88 Å². The number of ether oxygens (including phenoxy) is 2. The minimum absolute atomic E-state index is 0.0963. The van der Waals surface area contributed by atoms with E-state index in [-0.39, 0.29) is 28.7 Å². The molecule has 3 heterocycles. The van der Waals surface area contributed by atoms with Crippen LogP contribution in [0.15, 0.2) is 15.5 Å². The van der Waals surface area contributed by atoms with E-state index in [4.69, 9.17) is 14.6 Å². The summed E-state index contributed by atoms with van der Waals surface area (Å²) in [6, 6.07) is -0.689. The summed E-state index contributed by atoms with van der Waals surface area (Å²) in [7, 11) is -1.91. The van der Waals surface area contributed by atoms with E-state index in [1.54, 1.807) is 11.8 Å². The van der Waals surface area contributed by atoms with Gasteiger partial charge in [-0.1, -0.05) is 0 Å². The zero-order chi connectivity index (χ0) is 24.3. The van der Waals surface area contributed by atoms with E-state index in [1.165, 1.54) is 6.20 Å². The molecule has 2 amide bonds. The minimum atomic E-state index is -3.61. The molecular formula is C23H29FN6O4S. The van der Waals surface area contributed by atoms with Crippen molar-refractivity contribution in [3.05, 3.63) is 34.3 Å². The van der Waals surface area contributed by atoms with Gasteiger partial charge in [-0.3, -0.25) is 4.90 Å². The van der Waals surface area contributed by atoms with E-state index in [1.807, 2.05) is 0 Å². The summed E-state index contributed by atoms with van der Waals surface area (Å²) >= 11 is 0. The number of fused-ring (bicyclic) bond motifs is 3. The van der Waals surface area contributed by atoms with Crippen LogP contribution in [0, 0.1) is 5.82 Å². The zero-order valence-electron chi connectivity index (χ0n) is 19.6. The number of rotatable bonds is 4. The van der Waals surface area contributed by atoms with Gasteiger partial charge in [-0.2, -0.15) is 5.10 Å². The fraction of sp³-hybridized carbons (Fsp3) is 0.565. The molecule has 10 nitrogen and oxygen atoms in total. The van der Waals surface area contributed by atoms with Crippen molar-refractivity contribution >= 4 is 21.6 Å². The average Bonchev–Trinajstić information content (AvgIpc) is 3.55. The number of halogens is 1. The number of hydrogen-bond donors (Lipinski definition) is 2. The molecule has 1 fully saturated rings. The number of carbonyl (C=O) groups excluding carboxylic acids is 1. The van der Waals surface area contributed by atoms with Gasteiger partial charge in [0, 0.05) is 25.9 Å². The summed E-state index contributed by atoms with van der Waals surface area (Å²) in [5.74, 6) is 0.151. The Balaban J connectivity index is 1.24. The van der Waals surface area contributed by atoms with Gasteiger partial charge in [-0.05, 0) is 60.8 Å². The molecule has 1 saturated heterocycles. The van der Waals surface area contributed by atoms with Crippen LogP contribution in [0.3, 0.4) is 0 Å². The van der Waals surface area contributed by atoms with Crippen LogP contribution in [0.2, 0.25) is 0 Å². The molecule has 2 unspecified atom stereocenters. The van der Waals surface area contributed by atoms with Crippen molar-refractivity contribution in [1.82, 2.24) is 14.7 Å². The second-order valence-corrected chi connectivity index (χ2v) is 11.4. The molecular weight excluding hydrogens is 475 g/mol. The van der Waals surface area contributed by atoms with Crippen molar-refractivity contribution in [1.29, 1.82) is 0 Å². The Hall–Kier alpha value is -2.54. The van der Waals surface area contributed by atoms with Crippen LogP contribution >= 0.6 is 0 Å². The van der Waals surface area contributed by atoms with E-state index in [0.717, 1.165) is 37.1 Å². The van der Waals surface area contributed by atoms with Crippen molar-refractivity contribution in [3.8, 4) is 5.88 Å². The number of amides is 2. The smallest absolute Gasteiger partial charge is 0.354 e. The van der Waals surface area contributed by atoms with Crippen LogP contribution in [-0.4, -0.2) is 63.9 Å². The monoisotopic (exact) mass is 504 g/mol. The first kappa shape index (κ1) is 22.9. The SMILES string of the molecule is COC1CN(C2COc3c(S(N)(=O)=NC(=O)Nc4c5c(c(F)c6c4CCC6)CCC5)cnn3C2)C1. The van der Waals surface area contributed by atoms with E-state index >= 15 is 0 Å². The highest BCUT2D eigenvalue weighted by molar-refractivity contribution is 7.91. The van der Waals surface area contributed by atoms with Crippen LogP contribution in [0.25, 0.3) is 0 Å². The number of benzene rings is 1. The number of anilines is 1. The lowest BCUT2D eigenvalue weighted by Crippen LogP contribution is -2.59. The number of nitrogens with zero attached hydrogens (tertiary/aromatic N) is 4. The van der Waals surface area contributed by atoms with Crippen molar-refractivity contribution in [2.75, 3.05) is 32.1 Å². The first-order chi connectivity index (χ1) is 16.9. The molecule has 0 bridgehead atoms. The molecule has 1 aromatic heterocycles. The van der Waals surface area contributed by atoms with Crippen LogP contribution in [0.5, 0.6) is 5.88 Å². The van der Waals surface area contributed by atoms with E-state index in [0.29, 0.717) is 55.6 Å². The van der Waals surface area contributed by atoms with Gasteiger partial charge in [0.05, 0.1) is 24.9 Å².